The molecule has 5 nitrogen and oxygen atoms in total. The van der Waals surface area contributed by atoms with Gasteiger partial charge in [-0.05, 0) is 31.2 Å². The number of hydrogen-bond acceptors (Lipinski definition) is 3. The molecule has 5 heteroatoms. The van der Waals surface area contributed by atoms with Crippen LogP contribution in [0.1, 0.15) is 61.4 Å². The van der Waals surface area contributed by atoms with Crippen molar-refractivity contribution in [3.05, 3.63) is 35.4 Å². The summed E-state index contributed by atoms with van der Waals surface area (Å²) in [5.41, 5.74) is 1.88. The van der Waals surface area contributed by atoms with E-state index in [4.69, 9.17) is 5.11 Å². The number of hydrogen-bond donors (Lipinski definition) is 1. The van der Waals surface area contributed by atoms with Crippen LogP contribution < -0.4 is 0 Å². The van der Waals surface area contributed by atoms with Crippen molar-refractivity contribution in [1.82, 2.24) is 4.90 Å². The zero-order chi connectivity index (χ0) is 18.2. The highest BCUT2D eigenvalue weighted by Crippen LogP contribution is 2.18. The molecule has 0 saturated carbocycles. The van der Waals surface area contributed by atoms with E-state index in [1.165, 1.54) is 5.56 Å². The van der Waals surface area contributed by atoms with Crippen LogP contribution in [0.15, 0.2) is 24.3 Å². The van der Waals surface area contributed by atoms with Crippen molar-refractivity contribution in [2.45, 2.75) is 51.9 Å². The Balaban J connectivity index is 1.77. The number of nitrogens with zero attached hydrogens (tertiary/aromatic N) is 1. The predicted molar refractivity (Wildman–Crippen MR) is 95.6 cm³/mol. The van der Waals surface area contributed by atoms with Gasteiger partial charge in [-0.15, -0.1) is 0 Å². The Bertz CT molecular complexity index is 601. The summed E-state index contributed by atoms with van der Waals surface area (Å²) in [6.07, 6.45) is 4.69. The molecule has 0 atom stereocenters. The van der Waals surface area contributed by atoms with Crippen LogP contribution in [0.25, 0.3) is 0 Å². The molecule has 0 unspecified atom stereocenters. The molecular weight excluding hydrogens is 318 g/mol. The first kappa shape index (κ1) is 19.2. The maximum Gasteiger partial charge on any atom is 0.306 e. The Hall–Kier alpha value is -2.17. The highest BCUT2D eigenvalue weighted by atomic mass is 16.4. The number of rotatable bonds is 8. The molecule has 1 aromatic rings. The number of aliphatic carboxylic acids is 1. The molecule has 1 aromatic carbocycles. The highest BCUT2D eigenvalue weighted by molar-refractivity contribution is 5.98. The summed E-state index contributed by atoms with van der Waals surface area (Å²) in [6, 6.07) is 7.66. The number of ketones is 1. The average molecular weight is 345 g/mol. The molecule has 2 rings (SSSR count). The van der Waals surface area contributed by atoms with Crippen molar-refractivity contribution < 1.29 is 19.5 Å². The Morgan fingerprint density at radius 2 is 1.72 bits per heavy atom. The number of amides is 1. The number of piperidine rings is 1. The fourth-order valence-corrected chi connectivity index (χ4v) is 3.14. The predicted octanol–water partition coefficient (Wildman–Crippen LogP) is 3.32. The van der Waals surface area contributed by atoms with E-state index in [1.54, 1.807) is 4.90 Å². The van der Waals surface area contributed by atoms with E-state index in [0.717, 1.165) is 19.3 Å². The normalized spacial score (nSPS) is 15.2. The van der Waals surface area contributed by atoms with E-state index in [1.807, 2.05) is 24.3 Å². The quantitative estimate of drug-likeness (QED) is 0.734. The minimum absolute atomic E-state index is 0.0178. The number of carbonyl (C=O) groups excluding carboxylic acids is 2. The summed E-state index contributed by atoms with van der Waals surface area (Å²) >= 11 is 0. The topological polar surface area (TPSA) is 74.7 Å². The van der Waals surface area contributed by atoms with Gasteiger partial charge in [0.15, 0.2) is 5.78 Å². The van der Waals surface area contributed by atoms with Gasteiger partial charge >= 0.3 is 5.97 Å². The molecule has 1 saturated heterocycles. The Morgan fingerprint density at radius 3 is 2.28 bits per heavy atom. The molecule has 1 aliphatic heterocycles. The lowest BCUT2D eigenvalue weighted by molar-refractivity contribution is -0.145. The van der Waals surface area contributed by atoms with Gasteiger partial charge in [0.05, 0.1) is 5.92 Å². The van der Waals surface area contributed by atoms with Gasteiger partial charge in [-0.2, -0.15) is 0 Å². The average Bonchev–Trinajstić information content (AvgIpc) is 2.64. The lowest BCUT2D eigenvalue weighted by Gasteiger charge is -2.30. The van der Waals surface area contributed by atoms with Crippen LogP contribution >= 0.6 is 0 Å². The van der Waals surface area contributed by atoms with Crippen molar-refractivity contribution >= 4 is 17.7 Å². The molecule has 25 heavy (non-hydrogen) atoms. The lowest BCUT2D eigenvalue weighted by atomic mass is 9.96. The number of carbonyl (C=O) groups is 3. The van der Waals surface area contributed by atoms with Gasteiger partial charge in [0, 0.05) is 31.5 Å². The second-order valence-corrected chi connectivity index (χ2v) is 6.72. The van der Waals surface area contributed by atoms with Crippen LogP contribution in [0, 0.1) is 5.92 Å². The summed E-state index contributed by atoms with van der Waals surface area (Å²) in [7, 11) is 0. The van der Waals surface area contributed by atoms with E-state index in [-0.39, 0.29) is 30.4 Å². The molecule has 0 spiro atoms. The van der Waals surface area contributed by atoms with Crippen LogP contribution in [0.3, 0.4) is 0 Å². The molecule has 1 amide bonds. The largest absolute Gasteiger partial charge is 0.481 e. The van der Waals surface area contributed by atoms with Gasteiger partial charge in [-0.3, -0.25) is 14.4 Å². The summed E-state index contributed by atoms with van der Waals surface area (Å²) in [4.78, 5) is 37.1. The number of carboxylic acids is 1. The van der Waals surface area contributed by atoms with Gasteiger partial charge in [0.25, 0.3) is 0 Å². The number of carboxylic acid groups (broad SMARTS) is 1. The van der Waals surface area contributed by atoms with E-state index < -0.39 is 5.97 Å². The molecular formula is C20H27NO4. The van der Waals surface area contributed by atoms with Crippen molar-refractivity contribution in [3.8, 4) is 0 Å². The van der Waals surface area contributed by atoms with Crippen molar-refractivity contribution in [3.63, 3.8) is 0 Å². The van der Waals surface area contributed by atoms with E-state index in [2.05, 4.69) is 6.92 Å². The molecule has 0 radical (unpaired) electrons. The van der Waals surface area contributed by atoms with Gasteiger partial charge < -0.3 is 10.0 Å². The summed E-state index contributed by atoms with van der Waals surface area (Å²) < 4.78 is 0. The number of unbranched alkanes of at least 4 members (excludes halogenated alkanes) is 1. The molecule has 1 heterocycles. The molecule has 1 N–H and O–H groups in total. The van der Waals surface area contributed by atoms with E-state index in [9.17, 15) is 14.4 Å². The molecule has 0 bridgehead atoms. The van der Waals surface area contributed by atoms with Crippen LogP contribution in [-0.2, 0) is 16.0 Å². The van der Waals surface area contributed by atoms with Gasteiger partial charge in [0.1, 0.15) is 0 Å². The summed E-state index contributed by atoms with van der Waals surface area (Å²) in [6.45, 7) is 3.09. The highest BCUT2D eigenvalue weighted by Gasteiger charge is 2.26. The monoisotopic (exact) mass is 345 g/mol. The fourth-order valence-electron chi connectivity index (χ4n) is 3.14. The number of benzene rings is 1. The minimum Gasteiger partial charge on any atom is -0.481 e. The van der Waals surface area contributed by atoms with Crippen molar-refractivity contribution in [1.29, 1.82) is 0 Å². The molecule has 1 aliphatic rings. The fraction of sp³-hybridized carbons (Fsp3) is 0.550. The molecule has 0 aromatic heterocycles. The third-order valence-electron chi connectivity index (χ3n) is 4.86. The number of aryl methyl sites for hydroxylation is 1. The Labute approximate surface area is 149 Å². The maximum absolute atomic E-state index is 12.3. The Kier molecular flexibility index (Phi) is 7.16. The number of likely N-dealkylation sites (tertiary alicyclic amines) is 1. The zero-order valence-corrected chi connectivity index (χ0v) is 14.9. The van der Waals surface area contributed by atoms with Crippen LogP contribution in [0.5, 0.6) is 0 Å². The molecule has 0 aliphatic carbocycles. The van der Waals surface area contributed by atoms with Crippen LogP contribution in [0.2, 0.25) is 0 Å². The van der Waals surface area contributed by atoms with E-state index >= 15 is 0 Å². The van der Waals surface area contributed by atoms with Crippen LogP contribution in [-0.4, -0.2) is 40.8 Å². The van der Waals surface area contributed by atoms with E-state index in [0.29, 0.717) is 31.5 Å². The van der Waals surface area contributed by atoms with Crippen molar-refractivity contribution in [2.75, 3.05) is 13.1 Å². The maximum atomic E-state index is 12.3. The number of Topliss-reactive ketones (excluding diaryl/α,β-unsaturated/α-hetero) is 1. The summed E-state index contributed by atoms with van der Waals surface area (Å²) in [5, 5.41) is 8.98. The summed E-state index contributed by atoms with van der Waals surface area (Å²) in [5.74, 6) is -1.21. The SMILES string of the molecule is CCCCc1ccc(C(=O)CCC(=O)N2CCC(C(=O)O)CC2)cc1. The lowest BCUT2D eigenvalue weighted by Crippen LogP contribution is -2.40. The van der Waals surface area contributed by atoms with Gasteiger partial charge in [0.2, 0.25) is 5.91 Å². The minimum atomic E-state index is -0.787. The smallest absolute Gasteiger partial charge is 0.306 e. The van der Waals surface area contributed by atoms with Crippen LogP contribution in [0.4, 0.5) is 0 Å². The van der Waals surface area contributed by atoms with Gasteiger partial charge in [-0.25, -0.2) is 0 Å². The molecule has 136 valence electrons. The van der Waals surface area contributed by atoms with Gasteiger partial charge in [-0.1, -0.05) is 37.6 Å². The second-order valence-electron chi connectivity index (χ2n) is 6.72. The van der Waals surface area contributed by atoms with Crippen molar-refractivity contribution in [2.24, 2.45) is 5.92 Å². The first-order chi connectivity index (χ1) is 12.0. The standard InChI is InChI=1S/C20H27NO4/c1-2-3-4-15-5-7-16(8-6-15)18(22)9-10-19(23)21-13-11-17(12-14-21)20(24)25/h5-8,17H,2-4,9-14H2,1H3,(H,24,25). The second kappa shape index (κ2) is 9.35. The third kappa shape index (κ3) is 5.69. The first-order valence-corrected chi connectivity index (χ1v) is 9.14. The zero-order valence-electron chi connectivity index (χ0n) is 14.9. The first-order valence-electron chi connectivity index (χ1n) is 9.14. The third-order valence-corrected chi connectivity index (χ3v) is 4.86. The Morgan fingerprint density at radius 1 is 1.08 bits per heavy atom. The molecule has 1 fully saturated rings.